The molecule has 0 unspecified atom stereocenters. The Bertz CT molecular complexity index is 187. The van der Waals surface area contributed by atoms with Gasteiger partial charge < -0.3 is 5.32 Å². The topological polar surface area (TPSA) is 24.4 Å². The molecule has 2 nitrogen and oxygen atoms in total. The molecule has 1 N–H and O–H groups in total. The second kappa shape index (κ2) is 4.89. The summed E-state index contributed by atoms with van der Waals surface area (Å²) < 4.78 is 0. The summed E-state index contributed by atoms with van der Waals surface area (Å²) in [7, 11) is 0. The van der Waals surface area contributed by atoms with Crippen molar-refractivity contribution in [2.24, 2.45) is 16.8 Å². The van der Waals surface area contributed by atoms with Gasteiger partial charge in [0.05, 0.1) is 0 Å². The van der Waals surface area contributed by atoms with Gasteiger partial charge in [0.15, 0.2) is 5.17 Å². The zero-order valence-electron chi connectivity index (χ0n) is 9.00. The summed E-state index contributed by atoms with van der Waals surface area (Å²) >= 11 is 1.86. The minimum absolute atomic E-state index is 0.621. The summed E-state index contributed by atoms with van der Waals surface area (Å²) in [5, 5.41) is 4.60. The van der Waals surface area contributed by atoms with Crippen LogP contribution in [0.3, 0.4) is 0 Å². The largest absolute Gasteiger partial charge is 0.361 e. The van der Waals surface area contributed by atoms with Crippen LogP contribution in [0, 0.1) is 11.8 Å². The van der Waals surface area contributed by atoms with Gasteiger partial charge >= 0.3 is 0 Å². The van der Waals surface area contributed by atoms with Crippen LogP contribution in [-0.4, -0.2) is 23.5 Å². The lowest BCUT2D eigenvalue weighted by molar-refractivity contribution is 0.502. The van der Waals surface area contributed by atoms with Gasteiger partial charge in [0.1, 0.15) is 0 Å². The first-order valence-electron chi connectivity index (χ1n) is 5.03. The maximum atomic E-state index is 4.52. The van der Waals surface area contributed by atoms with E-state index in [1.165, 1.54) is 5.75 Å². The Labute approximate surface area is 85.6 Å². The quantitative estimate of drug-likeness (QED) is 0.756. The van der Waals surface area contributed by atoms with E-state index in [-0.39, 0.29) is 0 Å². The number of nitrogens with zero attached hydrogens (tertiary/aromatic N) is 1. The summed E-state index contributed by atoms with van der Waals surface area (Å²) in [5.74, 6) is 2.54. The standard InChI is InChI=1S/C10H20N2S/c1-7(2)5-11-10-12-9(6-13-10)8(3)4/h7-9H,5-6H2,1-4H3,(H,11,12)/t9-/m1/s1. The molecule has 0 spiro atoms. The van der Waals surface area contributed by atoms with Crippen molar-refractivity contribution in [1.29, 1.82) is 0 Å². The van der Waals surface area contributed by atoms with Gasteiger partial charge in [0.25, 0.3) is 0 Å². The molecule has 13 heavy (non-hydrogen) atoms. The maximum absolute atomic E-state index is 4.52. The summed E-state index contributed by atoms with van der Waals surface area (Å²) in [5.41, 5.74) is 0. The molecule has 0 aromatic heterocycles. The van der Waals surface area contributed by atoms with Gasteiger partial charge in [-0.05, 0) is 11.8 Å². The van der Waals surface area contributed by atoms with Crippen LogP contribution in [0.25, 0.3) is 0 Å². The van der Waals surface area contributed by atoms with E-state index >= 15 is 0 Å². The molecule has 0 radical (unpaired) electrons. The van der Waals surface area contributed by atoms with Gasteiger partial charge in [-0.25, -0.2) is 0 Å². The highest BCUT2D eigenvalue weighted by Gasteiger charge is 2.22. The van der Waals surface area contributed by atoms with Crippen LogP contribution in [0.2, 0.25) is 0 Å². The molecule has 0 bridgehead atoms. The van der Waals surface area contributed by atoms with Crippen LogP contribution in [0.15, 0.2) is 4.99 Å². The van der Waals surface area contributed by atoms with Gasteiger partial charge in [0.2, 0.25) is 0 Å². The number of hydrogen-bond acceptors (Lipinski definition) is 2. The van der Waals surface area contributed by atoms with E-state index in [1.54, 1.807) is 0 Å². The van der Waals surface area contributed by atoms with E-state index in [0.717, 1.165) is 11.7 Å². The van der Waals surface area contributed by atoms with Crippen LogP contribution >= 0.6 is 11.8 Å². The number of thioether (sulfide) groups is 1. The smallest absolute Gasteiger partial charge is 0.156 e. The molecule has 1 rings (SSSR count). The SMILES string of the molecule is CC(C)CN=C1N[C@@H](C(C)C)CS1. The zero-order valence-corrected chi connectivity index (χ0v) is 9.82. The molecule has 0 amide bonds. The fourth-order valence-electron chi connectivity index (χ4n) is 1.13. The van der Waals surface area contributed by atoms with E-state index in [9.17, 15) is 0 Å². The summed E-state index contributed by atoms with van der Waals surface area (Å²) in [6.07, 6.45) is 0. The molecular weight excluding hydrogens is 180 g/mol. The Hall–Kier alpha value is -0.180. The van der Waals surface area contributed by atoms with Crippen LogP contribution in [0.1, 0.15) is 27.7 Å². The summed E-state index contributed by atoms with van der Waals surface area (Å²) in [4.78, 5) is 4.52. The lowest BCUT2D eigenvalue weighted by atomic mass is 10.1. The summed E-state index contributed by atoms with van der Waals surface area (Å²) in [6.45, 7) is 9.85. The third kappa shape index (κ3) is 3.59. The van der Waals surface area contributed by atoms with Gasteiger partial charge in [-0.15, -0.1) is 0 Å². The van der Waals surface area contributed by atoms with Gasteiger partial charge in [0, 0.05) is 18.3 Å². The van der Waals surface area contributed by atoms with Crippen molar-refractivity contribution in [2.45, 2.75) is 33.7 Å². The molecule has 0 aromatic carbocycles. The third-order valence-corrected chi connectivity index (χ3v) is 3.16. The second-order valence-electron chi connectivity index (χ2n) is 4.35. The molecule has 1 aliphatic heterocycles. The van der Waals surface area contributed by atoms with Crippen molar-refractivity contribution in [2.75, 3.05) is 12.3 Å². The molecule has 76 valence electrons. The van der Waals surface area contributed by atoms with Crippen LogP contribution in [-0.2, 0) is 0 Å². The fraction of sp³-hybridized carbons (Fsp3) is 0.900. The minimum atomic E-state index is 0.621. The molecule has 1 heterocycles. The van der Waals surface area contributed by atoms with E-state index in [2.05, 4.69) is 38.0 Å². The number of amidine groups is 1. The first-order chi connectivity index (χ1) is 6.09. The number of aliphatic imine (C=N–C) groups is 1. The molecule has 1 saturated heterocycles. The zero-order chi connectivity index (χ0) is 9.84. The Kier molecular flexibility index (Phi) is 4.10. The van der Waals surface area contributed by atoms with Gasteiger partial charge in [-0.2, -0.15) is 0 Å². The van der Waals surface area contributed by atoms with Crippen molar-refractivity contribution in [3.63, 3.8) is 0 Å². The van der Waals surface area contributed by atoms with E-state index < -0.39 is 0 Å². The number of rotatable bonds is 3. The van der Waals surface area contributed by atoms with Crippen LogP contribution in [0.5, 0.6) is 0 Å². The van der Waals surface area contributed by atoms with E-state index in [1.807, 2.05) is 11.8 Å². The first-order valence-corrected chi connectivity index (χ1v) is 6.02. The Morgan fingerprint density at radius 2 is 2.15 bits per heavy atom. The predicted molar refractivity (Wildman–Crippen MR) is 61.4 cm³/mol. The highest BCUT2D eigenvalue weighted by atomic mass is 32.2. The maximum Gasteiger partial charge on any atom is 0.156 e. The highest BCUT2D eigenvalue weighted by molar-refractivity contribution is 8.14. The van der Waals surface area contributed by atoms with Gasteiger partial charge in [-0.3, -0.25) is 4.99 Å². The number of nitrogens with one attached hydrogen (secondary N) is 1. The van der Waals surface area contributed by atoms with E-state index in [0.29, 0.717) is 17.9 Å². The lowest BCUT2D eigenvalue weighted by Crippen LogP contribution is -2.31. The Morgan fingerprint density at radius 1 is 1.46 bits per heavy atom. The molecule has 1 atom stereocenters. The molecule has 0 aromatic rings. The fourth-order valence-corrected chi connectivity index (χ4v) is 2.33. The summed E-state index contributed by atoms with van der Waals surface area (Å²) in [6, 6.07) is 0.621. The monoisotopic (exact) mass is 200 g/mol. The number of hydrogen-bond donors (Lipinski definition) is 1. The first kappa shape index (κ1) is 10.9. The normalized spacial score (nSPS) is 26.0. The minimum Gasteiger partial charge on any atom is -0.361 e. The lowest BCUT2D eigenvalue weighted by Gasteiger charge is -2.13. The average Bonchev–Trinajstić information content (AvgIpc) is 2.48. The Balaban J connectivity index is 2.36. The third-order valence-electron chi connectivity index (χ3n) is 2.11. The van der Waals surface area contributed by atoms with Crippen molar-refractivity contribution in [3.05, 3.63) is 0 Å². The second-order valence-corrected chi connectivity index (χ2v) is 5.35. The molecule has 3 heteroatoms. The molecule has 0 saturated carbocycles. The van der Waals surface area contributed by atoms with Crippen LogP contribution in [0.4, 0.5) is 0 Å². The van der Waals surface area contributed by atoms with Gasteiger partial charge in [-0.1, -0.05) is 39.5 Å². The van der Waals surface area contributed by atoms with Crippen molar-refractivity contribution < 1.29 is 0 Å². The molecule has 0 aliphatic carbocycles. The highest BCUT2D eigenvalue weighted by Crippen LogP contribution is 2.19. The van der Waals surface area contributed by atoms with Crippen molar-refractivity contribution in [3.8, 4) is 0 Å². The predicted octanol–water partition coefficient (Wildman–Crippen LogP) is 2.36. The van der Waals surface area contributed by atoms with E-state index in [4.69, 9.17) is 0 Å². The molecular formula is C10H20N2S. The van der Waals surface area contributed by atoms with Crippen LogP contribution < -0.4 is 5.32 Å². The molecule has 1 aliphatic rings. The molecule has 1 fully saturated rings. The average molecular weight is 200 g/mol. The van der Waals surface area contributed by atoms with Crippen molar-refractivity contribution >= 4 is 16.9 Å². The Morgan fingerprint density at radius 3 is 2.62 bits per heavy atom. The van der Waals surface area contributed by atoms with Crippen molar-refractivity contribution in [1.82, 2.24) is 5.32 Å².